The van der Waals surface area contributed by atoms with Gasteiger partial charge in [-0.2, -0.15) is 0 Å². The molecule has 0 unspecified atom stereocenters. The third-order valence-corrected chi connectivity index (χ3v) is 3.40. The topological polar surface area (TPSA) is 97.2 Å². The molecule has 0 radical (unpaired) electrons. The Hall–Kier alpha value is -3.35. The van der Waals surface area contributed by atoms with E-state index in [1.165, 1.54) is 0 Å². The van der Waals surface area contributed by atoms with Crippen LogP contribution in [0.1, 0.15) is 17.5 Å². The zero-order valence-corrected chi connectivity index (χ0v) is 13.4. The highest BCUT2D eigenvalue weighted by atomic mass is 16.5. The molecule has 3 rings (SSSR count). The van der Waals surface area contributed by atoms with Crippen molar-refractivity contribution in [3.63, 3.8) is 0 Å². The number of ether oxygens (including phenoxy) is 1. The van der Waals surface area contributed by atoms with E-state index >= 15 is 0 Å². The van der Waals surface area contributed by atoms with Gasteiger partial charge in [0.25, 0.3) is 0 Å². The molecule has 0 saturated carbocycles. The van der Waals surface area contributed by atoms with Gasteiger partial charge in [-0.1, -0.05) is 42.5 Å². The normalized spacial score (nSPS) is 11.0. The molecule has 0 bridgehead atoms. The standard InChI is InChI=1S/C18H17N3O4/c22-17(24-12-13-6-2-1-3-7-13)19-9-5-4-8-14-10-15-16(20-11-14)21-18(23)25-15/h1-4,6-8,10-11H,5,9,12H2,(H,19,22)(H,20,21,23). The monoisotopic (exact) mass is 339 g/mol. The molecule has 7 nitrogen and oxygen atoms in total. The van der Waals surface area contributed by atoms with Crippen molar-refractivity contribution in [1.29, 1.82) is 0 Å². The van der Waals surface area contributed by atoms with Crippen molar-refractivity contribution >= 4 is 23.4 Å². The van der Waals surface area contributed by atoms with Crippen LogP contribution in [0, 0.1) is 0 Å². The van der Waals surface area contributed by atoms with E-state index in [0.717, 1.165) is 11.1 Å². The number of amides is 1. The largest absolute Gasteiger partial charge is 0.445 e. The van der Waals surface area contributed by atoms with E-state index in [4.69, 9.17) is 9.15 Å². The SMILES string of the molecule is O=C(NCCC=Cc1cnc2[nH]c(=O)oc2c1)OCc1ccccc1. The first-order valence-electron chi connectivity index (χ1n) is 7.81. The van der Waals surface area contributed by atoms with Crippen LogP contribution in [-0.2, 0) is 11.3 Å². The van der Waals surface area contributed by atoms with Gasteiger partial charge in [0.15, 0.2) is 11.2 Å². The van der Waals surface area contributed by atoms with E-state index in [1.54, 1.807) is 12.3 Å². The molecule has 1 amide bonds. The number of hydrogen-bond acceptors (Lipinski definition) is 5. The average molecular weight is 339 g/mol. The lowest BCUT2D eigenvalue weighted by atomic mass is 10.2. The molecule has 0 aliphatic carbocycles. The van der Waals surface area contributed by atoms with Crippen molar-refractivity contribution in [3.8, 4) is 0 Å². The van der Waals surface area contributed by atoms with E-state index in [2.05, 4.69) is 15.3 Å². The van der Waals surface area contributed by atoms with Crippen LogP contribution in [0.25, 0.3) is 17.3 Å². The lowest BCUT2D eigenvalue weighted by Gasteiger charge is -2.05. The van der Waals surface area contributed by atoms with Crippen LogP contribution in [0.5, 0.6) is 0 Å². The van der Waals surface area contributed by atoms with Crippen LogP contribution in [0.15, 0.2) is 57.9 Å². The highest BCUT2D eigenvalue weighted by molar-refractivity contribution is 5.70. The van der Waals surface area contributed by atoms with E-state index in [0.29, 0.717) is 24.2 Å². The minimum atomic E-state index is -0.526. The van der Waals surface area contributed by atoms with Gasteiger partial charge in [0, 0.05) is 12.7 Å². The molecule has 2 aromatic heterocycles. The maximum atomic E-state index is 11.6. The van der Waals surface area contributed by atoms with Crippen molar-refractivity contribution in [2.75, 3.05) is 6.54 Å². The van der Waals surface area contributed by atoms with Gasteiger partial charge in [0.2, 0.25) is 0 Å². The molecule has 128 valence electrons. The van der Waals surface area contributed by atoms with Gasteiger partial charge in [-0.05, 0) is 23.6 Å². The maximum Gasteiger partial charge on any atom is 0.418 e. The number of nitrogens with one attached hydrogen (secondary N) is 2. The molecule has 1 aromatic carbocycles. The molecular weight excluding hydrogens is 322 g/mol. The number of benzene rings is 1. The summed E-state index contributed by atoms with van der Waals surface area (Å²) in [7, 11) is 0. The summed E-state index contributed by atoms with van der Waals surface area (Å²) in [5.74, 6) is -0.526. The lowest BCUT2D eigenvalue weighted by Crippen LogP contribution is -2.24. The Kier molecular flexibility index (Phi) is 5.26. The van der Waals surface area contributed by atoms with E-state index in [1.807, 2.05) is 42.5 Å². The number of carbonyl (C=O) groups is 1. The predicted molar refractivity (Wildman–Crippen MR) is 92.9 cm³/mol. The molecule has 7 heteroatoms. The van der Waals surface area contributed by atoms with Gasteiger partial charge in [-0.15, -0.1) is 0 Å². The van der Waals surface area contributed by atoms with Gasteiger partial charge in [-0.25, -0.2) is 14.6 Å². The smallest absolute Gasteiger partial charge is 0.418 e. The van der Waals surface area contributed by atoms with E-state index < -0.39 is 11.8 Å². The number of H-pyrrole nitrogens is 1. The van der Waals surface area contributed by atoms with E-state index in [-0.39, 0.29) is 6.61 Å². The minimum Gasteiger partial charge on any atom is -0.445 e. The van der Waals surface area contributed by atoms with Crippen LogP contribution >= 0.6 is 0 Å². The molecule has 0 saturated heterocycles. The van der Waals surface area contributed by atoms with Crippen molar-refractivity contribution in [2.45, 2.75) is 13.0 Å². The molecule has 0 fully saturated rings. The van der Waals surface area contributed by atoms with Crippen LogP contribution in [-0.4, -0.2) is 22.6 Å². The number of aromatic nitrogens is 2. The van der Waals surface area contributed by atoms with Crippen LogP contribution in [0.4, 0.5) is 4.79 Å². The summed E-state index contributed by atoms with van der Waals surface area (Å²) in [5.41, 5.74) is 2.58. The van der Waals surface area contributed by atoms with Crippen LogP contribution < -0.4 is 11.1 Å². The van der Waals surface area contributed by atoms with Crippen molar-refractivity contribution in [1.82, 2.24) is 15.3 Å². The van der Waals surface area contributed by atoms with Crippen LogP contribution in [0.3, 0.4) is 0 Å². The first-order valence-corrected chi connectivity index (χ1v) is 7.81. The summed E-state index contributed by atoms with van der Waals surface area (Å²) in [5, 5.41) is 2.68. The predicted octanol–water partition coefficient (Wildman–Crippen LogP) is 2.85. The Labute approximate surface area is 143 Å². The van der Waals surface area contributed by atoms with Crippen molar-refractivity contribution in [2.24, 2.45) is 0 Å². The fourth-order valence-corrected chi connectivity index (χ4v) is 2.20. The highest BCUT2D eigenvalue weighted by Crippen LogP contribution is 2.10. The third-order valence-electron chi connectivity index (χ3n) is 3.40. The van der Waals surface area contributed by atoms with E-state index in [9.17, 15) is 9.59 Å². The highest BCUT2D eigenvalue weighted by Gasteiger charge is 2.02. The first-order chi connectivity index (χ1) is 12.2. The summed E-state index contributed by atoms with van der Waals surface area (Å²) in [6, 6.07) is 11.2. The Morgan fingerprint density at radius 3 is 3.00 bits per heavy atom. The summed E-state index contributed by atoms with van der Waals surface area (Å²) in [4.78, 5) is 29.2. The Bertz CT molecular complexity index is 928. The molecule has 0 atom stereocenters. The summed E-state index contributed by atoms with van der Waals surface area (Å²) < 4.78 is 10.1. The number of nitrogens with zero attached hydrogens (tertiary/aromatic N) is 1. The molecule has 2 N–H and O–H groups in total. The number of rotatable bonds is 6. The average Bonchev–Trinajstić information content (AvgIpc) is 3.00. The van der Waals surface area contributed by atoms with Gasteiger partial charge < -0.3 is 14.5 Å². The maximum absolute atomic E-state index is 11.6. The van der Waals surface area contributed by atoms with Crippen molar-refractivity contribution in [3.05, 3.63) is 70.3 Å². The molecular formula is C18H17N3O4. The molecule has 3 aromatic rings. The molecule has 0 aliphatic rings. The molecule has 2 heterocycles. The third kappa shape index (κ3) is 4.81. The summed E-state index contributed by atoms with van der Waals surface area (Å²) >= 11 is 0. The Morgan fingerprint density at radius 1 is 1.32 bits per heavy atom. The molecule has 0 spiro atoms. The second-order valence-corrected chi connectivity index (χ2v) is 5.31. The summed E-state index contributed by atoms with van der Waals surface area (Å²) in [6.45, 7) is 0.703. The lowest BCUT2D eigenvalue weighted by molar-refractivity contribution is 0.140. The summed E-state index contributed by atoms with van der Waals surface area (Å²) in [6.07, 6.45) is 5.55. The van der Waals surface area contributed by atoms with Crippen molar-refractivity contribution < 1.29 is 13.9 Å². The Morgan fingerprint density at radius 2 is 2.16 bits per heavy atom. The van der Waals surface area contributed by atoms with Crippen LogP contribution in [0.2, 0.25) is 0 Å². The number of aromatic amines is 1. The minimum absolute atomic E-state index is 0.246. The van der Waals surface area contributed by atoms with Gasteiger partial charge in [-0.3, -0.25) is 4.98 Å². The fraction of sp³-hybridized carbons (Fsp3) is 0.167. The quantitative estimate of drug-likeness (QED) is 0.673. The zero-order valence-electron chi connectivity index (χ0n) is 13.4. The number of carbonyl (C=O) groups excluding carboxylic acids is 1. The van der Waals surface area contributed by atoms with Gasteiger partial charge >= 0.3 is 11.8 Å². The first kappa shape index (κ1) is 16.5. The van der Waals surface area contributed by atoms with Gasteiger partial charge in [0.05, 0.1) is 0 Å². The number of oxazole rings is 1. The number of pyridine rings is 1. The molecule has 0 aliphatic heterocycles. The van der Waals surface area contributed by atoms with Gasteiger partial charge in [0.1, 0.15) is 6.61 Å². The zero-order chi connectivity index (χ0) is 17.5. The Balaban J connectivity index is 1.40. The second kappa shape index (κ2) is 7.96. The number of fused-ring (bicyclic) bond motifs is 1. The number of hydrogen-bond donors (Lipinski definition) is 2. The fourth-order valence-electron chi connectivity index (χ4n) is 2.20. The second-order valence-electron chi connectivity index (χ2n) is 5.31. The molecule has 25 heavy (non-hydrogen) atoms. The number of alkyl carbamates (subject to hydrolysis) is 1.